The molecule has 4 heteroatoms. The Morgan fingerprint density at radius 2 is 2.18 bits per heavy atom. The lowest BCUT2D eigenvalue weighted by molar-refractivity contribution is 0.0697. The fourth-order valence-electron chi connectivity index (χ4n) is 1.23. The van der Waals surface area contributed by atoms with Crippen LogP contribution >= 0.6 is 0 Å². The number of hydrogen-bond acceptors (Lipinski definition) is 3. The van der Waals surface area contributed by atoms with Gasteiger partial charge >= 0.3 is 5.97 Å². The number of rotatable bonds is 3. The maximum Gasteiger partial charge on any atom is 0.335 e. The van der Waals surface area contributed by atoms with E-state index in [1.165, 1.54) is 19.2 Å². The molecule has 17 heavy (non-hydrogen) atoms. The van der Waals surface area contributed by atoms with Gasteiger partial charge in [-0.2, -0.15) is 0 Å². The van der Waals surface area contributed by atoms with Crippen molar-refractivity contribution in [1.82, 2.24) is 4.90 Å². The van der Waals surface area contributed by atoms with Crippen molar-refractivity contribution in [3.05, 3.63) is 29.3 Å². The molecule has 1 aromatic carbocycles. The van der Waals surface area contributed by atoms with Crippen molar-refractivity contribution in [1.29, 1.82) is 0 Å². The topological polar surface area (TPSA) is 49.8 Å². The van der Waals surface area contributed by atoms with Crippen molar-refractivity contribution < 1.29 is 14.6 Å². The van der Waals surface area contributed by atoms with Crippen LogP contribution in [0.5, 0.6) is 5.75 Å². The van der Waals surface area contributed by atoms with E-state index in [4.69, 9.17) is 9.84 Å². The third kappa shape index (κ3) is 3.82. The van der Waals surface area contributed by atoms with Crippen LogP contribution in [0.2, 0.25) is 0 Å². The molecular weight excluding hydrogens is 218 g/mol. The lowest BCUT2D eigenvalue weighted by Crippen LogP contribution is -2.10. The average molecular weight is 233 g/mol. The SMILES string of the molecule is COc1ccc(C(=O)O)cc1C#CCN(C)C. The number of nitrogens with zero attached hydrogens (tertiary/aromatic N) is 1. The first-order chi connectivity index (χ1) is 8.04. The summed E-state index contributed by atoms with van der Waals surface area (Å²) in [5.74, 6) is 5.47. The van der Waals surface area contributed by atoms with Crippen LogP contribution in [-0.2, 0) is 0 Å². The summed E-state index contributed by atoms with van der Waals surface area (Å²) in [7, 11) is 5.37. The van der Waals surface area contributed by atoms with Crippen LogP contribution in [0.1, 0.15) is 15.9 Å². The largest absolute Gasteiger partial charge is 0.495 e. The number of hydrogen-bond donors (Lipinski definition) is 1. The Balaban J connectivity index is 3.04. The number of benzene rings is 1. The Bertz CT molecular complexity index is 469. The zero-order chi connectivity index (χ0) is 12.8. The summed E-state index contributed by atoms with van der Waals surface area (Å²) in [5, 5.41) is 8.89. The van der Waals surface area contributed by atoms with Gasteiger partial charge in [-0.1, -0.05) is 11.8 Å². The highest BCUT2D eigenvalue weighted by Gasteiger charge is 2.06. The van der Waals surface area contributed by atoms with Gasteiger partial charge in [-0.25, -0.2) is 4.79 Å². The highest BCUT2D eigenvalue weighted by Crippen LogP contribution is 2.18. The van der Waals surface area contributed by atoms with Gasteiger partial charge in [0, 0.05) is 0 Å². The minimum atomic E-state index is -0.969. The van der Waals surface area contributed by atoms with Gasteiger partial charge in [0.25, 0.3) is 0 Å². The fraction of sp³-hybridized carbons (Fsp3) is 0.308. The molecule has 0 aliphatic rings. The third-order valence-corrected chi connectivity index (χ3v) is 2.06. The first-order valence-electron chi connectivity index (χ1n) is 5.09. The lowest BCUT2D eigenvalue weighted by atomic mass is 10.1. The summed E-state index contributed by atoms with van der Waals surface area (Å²) in [6, 6.07) is 4.63. The van der Waals surface area contributed by atoms with Crippen LogP contribution in [-0.4, -0.2) is 43.7 Å². The van der Waals surface area contributed by atoms with Gasteiger partial charge in [0.2, 0.25) is 0 Å². The second-order valence-electron chi connectivity index (χ2n) is 3.76. The quantitative estimate of drug-likeness (QED) is 0.800. The second kappa shape index (κ2) is 5.92. The molecule has 0 fully saturated rings. The highest BCUT2D eigenvalue weighted by molar-refractivity contribution is 5.88. The molecule has 0 atom stereocenters. The fourth-order valence-corrected chi connectivity index (χ4v) is 1.23. The minimum absolute atomic E-state index is 0.208. The van der Waals surface area contributed by atoms with E-state index in [-0.39, 0.29) is 5.56 Å². The molecule has 0 radical (unpaired) electrons. The maximum atomic E-state index is 10.8. The summed E-state index contributed by atoms with van der Waals surface area (Å²) >= 11 is 0. The number of carboxylic acid groups (broad SMARTS) is 1. The molecule has 90 valence electrons. The molecule has 0 saturated heterocycles. The van der Waals surface area contributed by atoms with Crippen LogP contribution in [0.25, 0.3) is 0 Å². The Morgan fingerprint density at radius 1 is 1.47 bits per heavy atom. The zero-order valence-electron chi connectivity index (χ0n) is 10.2. The van der Waals surface area contributed by atoms with Crippen molar-refractivity contribution in [2.45, 2.75) is 0 Å². The number of carboxylic acids is 1. The molecule has 1 rings (SSSR count). The standard InChI is InChI=1S/C13H15NO3/c1-14(2)8-4-5-10-9-11(13(15)16)6-7-12(10)17-3/h6-7,9H,8H2,1-3H3,(H,15,16). The van der Waals surface area contributed by atoms with Gasteiger partial charge in [-0.15, -0.1) is 0 Å². The summed E-state index contributed by atoms with van der Waals surface area (Å²) < 4.78 is 5.13. The number of ether oxygens (including phenoxy) is 1. The second-order valence-corrected chi connectivity index (χ2v) is 3.76. The first-order valence-corrected chi connectivity index (χ1v) is 5.09. The molecule has 0 heterocycles. The van der Waals surface area contributed by atoms with Crippen LogP contribution in [0.3, 0.4) is 0 Å². The molecule has 4 nitrogen and oxygen atoms in total. The molecular formula is C13H15NO3. The van der Waals surface area contributed by atoms with Crippen LogP contribution < -0.4 is 4.74 Å². The van der Waals surface area contributed by atoms with Crippen molar-refractivity contribution in [3.8, 4) is 17.6 Å². The minimum Gasteiger partial charge on any atom is -0.495 e. The molecule has 1 N–H and O–H groups in total. The molecule has 0 aliphatic carbocycles. The van der Waals surface area contributed by atoms with Crippen LogP contribution in [0.15, 0.2) is 18.2 Å². The van der Waals surface area contributed by atoms with E-state index in [1.54, 1.807) is 6.07 Å². The van der Waals surface area contributed by atoms with E-state index in [9.17, 15) is 4.79 Å². The van der Waals surface area contributed by atoms with E-state index in [0.29, 0.717) is 17.9 Å². The molecule has 0 aromatic heterocycles. The molecule has 0 saturated carbocycles. The Morgan fingerprint density at radius 3 is 2.71 bits per heavy atom. The third-order valence-electron chi connectivity index (χ3n) is 2.06. The van der Waals surface area contributed by atoms with E-state index in [0.717, 1.165) is 0 Å². The van der Waals surface area contributed by atoms with E-state index in [1.807, 2.05) is 19.0 Å². The number of methoxy groups -OCH3 is 1. The lowest BCUT2D eigenvalue weighted by Gasteiger charge is -2.05. The predicted octanol–water partition coefficient (Wildman–Crippen LogP) is 1.31. The van der Waals surface area contributed by atoms with Gasteiger partial charge in [-0.3, -0.25) is 4.90 Å². The zero-order valence-corrected chi connectivity index (χ0v) is 10.2. The molecule has 0 bridgehead atoms. The molecule has 0 unspecified atom stereocenters. The summed E-state index contributed by atoms with van der Waals surface area (Å²) in [5.41, 5.74) is 0.800. The van der Waals surface area contributed by atoms with E-state index >= 15 is 0 Å². The van der Waals surface area contributed by atoms with Crippen LogP contribution in [0, 0.1) is 11.8 Å². The monoisotopic (exact) mass is 233 g/mol. The Kier molecular flexibility index (Phi) is 4.56. The summed E-state index contributed by atoms with van der Waals surface area (Å²) in [4.78, 5) is 12.8. The van der Waals surface area contributed by atoms with Gasteiger partial charge in [0.05, 0.1) is 24.8 Å². The summed E-state index contributed by atoms with van der Waals surface area (Å²) in [6.07, 6.45) is 0. The molecule has 0 aliphatic heterocycles. The highest BCUT2D eigenvalue weighted by atomic mass is 16.5. The van der Waals surface area contributed by atoms with Crippen LogP contribution in [0.4, 0.5) is 0 Å². The van der Waals surface area contributed by atoms with E-state index in [2.05, 4.69) is 11.8 Å². The number of carbonyl (C=O) groups is 1. The summed E-state index contributed by atoms with van der Waals surface area (Å²) in [6.45, 7) is 0.612. The van der Waals surface area contributed by atoms with Gasteiger partial charge in [-0.05, 0) is 32.3 Å². The maximum absolute atomic E-state index is 10.8. The van der Waals surface area contributed by atoms with Gasteiger partial charge in [0.15, 0.2) is 0 Å². The average Bonchev–Trinajstić information content (AvgIpc) is 2.28. The molecule has 0 amide bonds. The molecule has 1 aromatic rings. The van der Waals surface area contributed by atoms with Crippen molar-refractivity contribution in [2.75, 3.05) is 27.7 Å². The van der Waals surface area contributed by atoms with Gasteiger partial charge in [0.1, 0.15) is 5.75 Å². The predicted molar refractivity (Wildman–Crippen MR) is 65.4 cm³/mol. The Hall–Kier alpha value is -1.99. The Labute approximate surface area is 101 Å². The molecule has 0 spiro atoms. The normalized spacial score (nSPS) is 9.65. The number of aromatic carboxylic acids is 1. The van der Waals surface area contributed by atoms with Crippen molar-refractivity contribution >= 4 is 5.97 Å². The van der Waals surface area contributed by atoms with Crippen molar-refractivity contribution in [3.63, 3.8) is 0 Å². The smallest absolute Gasteiger partial charge is 0.335 e. The van der Waals surface area contributed by atoms with Crippen molar-refractivity contribution in [2.24, 2.45) is 0 Å². The first kappa shape index (κ1) is 13.1. The van der Waals surface area contributed by atoms with E-state index < -0.39 is 5.97 Å². The van der Waals surface area contributed by atoms with Gasteiger partial charge < -0.3 is 9.84 Å².